The van der Waals surface area contributed by atoms with E-state index < -0.39 is 10.7 Å². The van der Waals surface area contributed by atoms with Crippen LogP contribution in [0.2, 0.25) is 0 Å². The molecule has 1 aliphatic carbocycles. The standard InChI is InChI=1S/C15H22FN3O2/c1-18(2)15(7-3-4-8-15)11-17-10-12-9-13(16)5-6-14(12)19(20)21/h5-6,9,17H,3-4,7-8,10-11H2,1-2H3. The molecule has 0 unspecified atom stereocenters. The van der Waals surface area contributed by atoms with Crippen molar-refractivity contribution < 1.29 is 9.31 Å². The van der Waals surface area contributed by atoms with Gasteiger partial charge in [-0.05, 0) is 39.1 Å². The summed E-state index contributed by atoms with van der Waals surface area (Å²) in [4.78, 5) is 12.7. The molecule has 2 rings (SSSR count). The largest absolute Gasteiger partial charge is 0.311 e. The van der Waals surface area contributed by atoms with Crippen molar-refractivity contribution in [2.45, 2.75) is 37.8 Å². The molecule has 1 fully saturated rings. The molecule has 0 bridgehead atoms. The zero-order valence-electron chi connectivity index (χ0n) is 12.6. The van der Waals surface area contributed by atoms with Crippen molar-refractivity contribution in [3.05, 3.63) is 39.7 Å². The van der Waals surface area contributed by atoms with Crippen molar-refractivity contribution in [2.75, 3.05) is 20.6 Å². The van der Waals surface area contributed by atoms with Crippen molar-refractivity contribution >= 4 is 5.69 Å². The lowest BCUT2D eigenvalue weighted by Gasteiger charge is -2.36. The van der Waals surface area contributed by atoms with Crippen molar-refractivity contribution in [3.63, 3.8) is 0 Å². The summed E-state index contributed by atoms with van der Waals surface area (Å²) in [7, 11) is 4.13. The van der Waals surface area contributed by atoms with E-state index in [4.69, 9.17) is 0 Å². The summed E-state index contributed by atoms with van der Waals surface area (Å²) in [5, 5.41) is 14.2. The third-order valence-corrected chi connectivity index (χ3v) is 4.49. The number of nitrogens with one attached hydrogen (secondary N) is 1. The molecule has 116 valence electrons. The van der Waals surface area contributed by atoms with Gasteiger partial charge in [-0.15, -0.1) is 0 Å². The van der Waals surface area contributed by atoms with Crippen LogP contribution in [0.3, 0.4) is 0 Å². The maximum Gasteiger partial charge on any atom is 0.274 e. The van der Waals surface area contributed by atoms with Crippen LogP contribution in [0.15, 0.2) is 18.2 Å². The van der Waals surface area contributed by atoms with Gasteiger partial charge in [-0.3, -0.25) is 10.1 Å². The van der Waals surface area contributed by atoms with E-state index in [9.17, 15) is 14.5 Å². The predicted octanol–water partition coefficient (Wildman–Crippen LogP) is 2.70. The molecular weight excluding hydrogens is 273 g/mol. The van der Waals surface area contributed by atoms with Gasteiger partial charge in [0.05, 0.1) is 4.92 Å². The Balaban J connectivity index is 2.03. The smallest absolute Gasteiger partial charge is 0.274 e. The molecule has 0 heterocycles. The van der Waals surface area contributed by atoms with Gasteiger partial charge in [0.15, 0.2) is 0 Å². The fraction of sp³-hybridized carbons (Fsp3) is 0.600. The SMILES string of the molecule is CN(C)C1(CNCc2cc(F)ccc2[N+](=O)[O-])CCCC1. The number of hydrogen-bond donors (Lipinski definition) is 1. The molecule has 21 heavy (non-hydrogen) atoms. The van der Waals surface area contributed by atoms with E-state index in [1.54, 1.807) is 0 Å². The molecule has 5 nitrogen and oxygen atoms in total. The Morgan fingerprint density at radius 3 is 2.62 bits per heavy atom. The molecule has 0 aliphatic heterocycles. The topological polar surface area (TPSA) is 58.4 Å². The Bertz CT molecular complexity index is 514. The molecule has 1 N–H and O–H groups in total. The molecule has 1 aromatic carbocycles. The van der Waals surface area contributed by atoms with Gasteiger partial charge in [0, 0.05) is 30.3 Å². The highest BCUT2D eigenvalue weighted by Crippen LogP contribution is 2.33. The Kier molecular flexibility index (Phi) is 4.90. The van der Waals surface area contributed by atoms with Crippen LogP contribution in [0.1, 0.15) is 31.2 Å². The van der Waals surface area contributed by atoms with Gasteiger partial charge in [0.1, 0.15) is 5.82 Å². The molecular formula is C15H22FN3O2. The monoisotopic (exact) mass is 295 g/mol. The van der Waals surface area contributed by atoms with Crippen molar-refractivity contribution in [1.82, 2.24) is 10.2 Å². The summed E-state index contributed by atoms with van der Waals surface area (Å²) >= 11 is 0. The number of likely N-dealkylation sites (N-methyl/N-ethyl adjacent to an activating group) is 1. The number of hydrogen-bond acceptors (Lipinski definition) is 4. The van der Waals surface area contributed by atoms with E-state index >= 15 is 0 Å². The normalized spacial score (nSPS) is 17.3. The van der Waals surface area contributed by atoms with E-state index in [0.717, 1.165) is 25.5 Å². The zero-order valence-corrected chi connectivity index (χ0v) is 12.6. The summed E-state index contributed by atoms with van der Waals surface area (Å²) in [5.41, 5.74) is 0.475. The number of nitro benzene ring substituents is 1. The van der Waals surface area contributed by atoms with Crippen LogP contribution in [-0.4, -0.2) is 36.0 Å². The van der Waals surface area contributed by atoms with E-state index in [0.29, 0.717) is 12.1 Å². The summed E-state index contributed by atoms with van der Waals surface area (Å²) < 4.78 is 13.3. The van der Waals surface area contributed by atoms with Gasteiger partial charge < -0.3 is 10.2 Å². The Morgan fingerprint density at radius 1 is 1.38 bits per heavy atom. The maximum absolute atomic E-state index is 13.3. The lowest BCUT2D eigenvalue weighted by atomic mass is 9.96. The lowest BCUT2D eigenvalue weighted by Crippen LogP contribution is -2.49. The fourth-order valence-corrected chi connectivity index (χ4v) is 3.12. The molecule has 1 aromatic rings. The van der Waals surface area contributed by atoms with E-state index in [1.165, 1.54) is 25.0 Å². The molecule has 0 radical (unpaired) electrons. The van der Waals surface area contributed by atoms with Crippen LogP contribution < -0.4 is 5.32 Å². The highest BCUT2D eigenvalue weighted by Gasteiger charge is 2.35. The van der Waals surface area contributed by atoms with Gasteiger partial charge in [0.2, 0.25) is 0 Å². The van der Waals surface area contributed by atoms with E-state index in [-0.39, 0.29) is 11.2 Å². The summed E-state index contributed by atoms with van der Waals surface area (Å²) in [6, 6.07) is 3.59. The molecule has 0 spiro atoms. The second-order valence-electron chi connectivity index (χ2n) is 5.96. The van der Waals surface area contributed by atoms with Crippen LogP contribution in [0.4, 0.5) is 10.1 Å². The summed E-state index contributed by atoms with van der Waals surface area (Å²) in [6.07, 6.45) is 4.66. The highest BCUT2D eigenvalue weighted by atomic mass is 19.1. The Labute approximate surface area is 124 Å². The van der Waals surface area contributed by atoms with Gasteiger partial charge in [-0.2, -0.15) is 0 Å². The van der Waals surface area contributed by atoms with Crippen molar-refractivity contribution in [3.8, 4) is 0 Å². The zero-order chi connectivity index (χ0) is 15.5. The molecule has 0 amide bonds. The highest BCUT2D eigenvalue weighted by molar-refractivity contribution is 5.40. The van der Waals surface area contributed by atoms with Gasteiger partial charge in [-0.1, -0.05) is 12.8 Å². The van der Waals surface area contributed by atoms with Crippen molar-refractivity contribution in [2.24, 2.45) is 0 Å². The first-order chi connectivity index (χ1) is 9.94. The Hall–Kier alpha value is -1.53. The molecule has 0 aromatic heterocycles. The summed E-state index contributed by atoms with van der Waals surface area (Å²) in [6.45, 7) is 1.07. The summed E-state index contributed by atoms with van der Waals surface area (Å²) in [5.74, 6) is -0.444. The number of nitro groups is 1. The second kappa shape index (κ2) is 6.49. The first-order valence-corrected chi connectivity index (χ1v) is 7.26. The first kappa shape index (κ1) is 15.9. The molecule has 1 saturated carbocycles. The fourth-order valence-electron chi connectivity index (χ4n) is 3.12. The minimum absolute atomic E-state index is 0.0331. The molecule has 0 atom stereocenters. The van der Waals surface area contributed by atoms with E-state index in [1.807, 2.05) is 0 Å². The van der Waals surface area contributed by atoms with E-state index in [2.05, 4.69) is 24.3 Å². The number of rotatable bonds is 6. The Morgan fingerprint density at radius 2 is 2.05 bits per heavy atom. The molecule has 6 heteroatoms. The molecule has 1 aliphatic rings. The quantitative estimate of drug-likeness (QED) is 0.647. The number of halogens is 1. The third kappa shape index (κ3) is 3.57. The minimum Gasteiger partial charge on any atom is -0.311 e. The van der Waals surface area contributed by atoms with Gasteiger partial charge in [-0.25, -0.2) is 4.39 Å². The lowest BCUT2D eigenvalue weighted by molar-refractivity contribution is -0.385. The van der Waals surface area contributed by atoms with Crippen LogP contribution in [-0.2, 0) is 6.54 Å². The van der Waals surface area contributed by atoms with Crippen LogP contribution in [0, 0.1) is 15.9 Å². The molecule has 0 saturated heterocycles. The average Bonchev–Trinajstić information content (AvgIpc) is 2.88. The first-order valence-electron chi connectivity index (χ1n) is 7.26. The third-order valence-electron chi connectivity index (χ3n) is 4.49. The average molecular weight is 295 g/mol. The van der Waals surface area contributed by atoms with Crippen LogP contribution in [0.5, 0.6) is 0 Å². The predicted molar refractivity (Wildman–Crippen MR) is 79.6 cm³/mol. The van der Waals surface area contributed by atoms with Gasteiger partial charge >= 0.3 is 0 Å². The van der Waals surface area contributed by atoms with Gasteiger partial charge in [0.25, 0.3) is 5.69 Å². The number of benzene rings is 1. The van der Waals surface area contributed by atoms with Crippen LogP contribution in [0.25, 0.3) is 0 Å². The van der Waals surface area contributed by atoms with Crippen LogP contribution >= 0.6 is 0 Å². The van der Waals surface area contributed by atoms with Crippen molar-refractivity contribution in [1.29, 1.82) is 0 Å². The maximum atomic E-state index is 13.3. The number of nitrogens with zero attached hydrogens (tertiary/aromatic N) is 2. The second-order valence-corrected chi connectivity index (χ2v) is 5.96. The minimum atomic E-state index is -0.465.